The molecule has 2 amide bonds. The highest BCUT2D eigenvalue weighted by atomic mass is 32.2. The molecule has 6 nitrogen and oxygen atoms in total. The lowest BCUT2D eigenvalue weighted by Gasteiger charge is -2.42. The van der Waals surface area contributed by atoms with Gasteiger partial charge in [0.05, 0.1) is 24.5 Å². The molecule has 1 N–H and O–H groups in total. The third kappa shape index (κ3) is 4.00. The molecule has 3 atom stereocenters. The Hall–Kier alpha value is -1.96. The molecule has 0 aromatic heterocycles. The third-order valence-corrected chi connectivity index (χ3v) is 6.78. The molecule has 1 aromatic carbocycles. The largest absolute Gasteiger partial charge is 0.442 e. The van der Waals surface area contributed by atoms with Crippen LogP contribution < -0.4 is 15.1 Å². The van der Waals surface area contributed by atoms with Crippen molar-refractivity contribution in [2.24, 2.45) is 11.8 Å². The van der Waals surface area contributed by atoms with E-state index >= 15 is 0 Å². The van der Waals surface area contributed by atoms with Crippen molar-refractivity contribution in [1.29, 1.82) is 0 Å². The number of thioether (sulfide) groups is 1. The van der Waals surface area contributed by atoms with E-state index in [1.165, 1.54) is 24.3 Å². The maximum atomic E-state index is 14.9. The van der Waals surface area contributed by atoms with Gasteiger partial charge < -0.3 is 15.0 Å². The number of nitrogens with one attached hydrogen (secondary N) is 1. The zero-order valence-electron chi connectivity index (χ0n) is 15.3. The van der Waals surface area contributed by atoms with Gasteiger partial charge in [-0.2, -0.15) is 11.8 Å². The lowest BCUT2D eigenvalue weighted by molar-refractivity contribution is -0.119. The van der Waals surface area contributed by atoms with Crippen molar-refractivity contribution in [2.45, 2.75) is 19.4 Å². The number of hydrogen-bond acceptors (Lipinski definition) is 5. The summed E-state index contributed by atoms with van der Waals surface area (Å²) in [6, 6.07) is 4.96. The van der Waals surface area contributed by atoms with Crippen LogP contribution in [0.25, 0.3) is 0 Å². The Morgan fingerprint density at radius 3 is 2.70 bits per heavy atom. The molecule has 4 rings (SSSR count). The van der Waals surface area contributed by atoms with Crippen LogP contribution in [0.15, 0.2) is 18.2 Å². The molecule has 3 aliphatic heterocycles. The molecular weight excluding hydrogens is 369 g/mol. The molecule has 2 unspecified atom stereocenters. The van der Waals surface area contributed by atoms with Crippen LogP contribution >= 0.6 is 11.8 Å². The zero-order valence-corrected chi connectivity index (χ0v) is 16.1. The number of hydrogen-bond donors (Lipinski definition) is 1. The topological polar surface area (TPSA) is 61.9 Å². The predicted molar refractivity (Wildman–Crippen MR) is 104 cm³/mol. The van der Waals surface area contributed by atoms with E-state index in [-0.39, 0.29) is 18.3 Å². The van der Waals surface area contributed by atoms with Crippen LogP contribution in [0.4, 0.5) is 20.6 Å². The molecule has 8 heteroatoms. The highest BCUT2D eigenvalue weighted by Crippen LogP contribution is 2.36. The molecule has 3 saturated heterocycles. The van der Waals surface area contributed by atoms with Crippen LogP contribution in [0.2, 0.25) is 0 Å². The van der Waals surface area contributed by atoms with Gasteiger partial charge in [-0.25, -0.2) is 9.18 Å². The number of ether oxygens (including phenoxy) is 1. The van der Waals surface area contributed by atoms with Crippen molar-refractivity contribution >= 4 is 35.1 Å². The first kappa shape index (κ1) is 18.4. The quantitative estimate of drug-likeness (QED) is 0.852. The number of piperidine rings is 1. The summed E-state index contributed by atoms with van der Waals surface area (Å²) in [5.74, 6) is 3.08. The summed E-state index contributed by atoms with van der Waals surface area (Å²) < 4.78 is 20.1. The molecule has 3 heterocycles. The first-order valence-electron chi connectivity index (χ1n) is 9.34. The number of benzene rings is 1. The predicted octanol–water partition coefficient (Wildman–Crippen LogP) is 2.48. The Labute approximate surface area is 162 Å². The van der Waals surface area contributed by atoms with Gasteiger partial charge in [0, 0.05) is 20.0 Å². The van der Waals surface area contributed by atoms with Crippen molar-refractivity contribution < 1.29 is 18.7 Å². The summed E-state index contributed by atoms with van der Waals surface area (Å²) in [7, 11) is 0. The van der Waals surface area contributed by atoms with Crippen LogP contribution in [0.5, 0.6) is 0 Å². The number of nitrogens with zero attached hydrogens (tertiary/aromatic N) is 2. The molecule has 0 saturated carbocycles. The average Bonchev–Trinajstić information content (AvgIpc) is 3.00. The number of anilines is 2. The average molecular weight is 393 g/mol. The first-order valence-corrected chi connectivity index (χ1v) is 10.5. The smallest absolute Gasteiger partial charge is 0.414 e. The number of carbonyl (C=O) groups excluding carboxylic acids is 2. The van der Waals surface area contributed by atoms with Crippen LogP contribution in [0.1, 0.15) is 13.3 Å². The summed E-state index contributed by atoms with van der Waals surface area (Å²) in [5.41, 5.74) is 1.10. The molecule has 2 bridgehead atoms. The van der Waals surface area contributed by atoms with Gasteiger partial charge in [0.15, 0.2) is 0 Å². The number of fused-ring (bicyclic) bond motifs is 2. The van der Waals surface area contributed by atoms with Crippen molar-refractivity contribution in [3.05, 3.63) is 24.0 Å². The molecular formula is C19H24FN3O3S. The molecule has 3 aliphatic rings. The normalized spacial score (nSPS) is 27.5. The standard InChI is InChI=1S/C19H24FN3O3S/c1-12(24)21-6-16-9-23(19(25)26-16)15-2-3-18(17(20)5-15)22-7-13-4-14(8-22)11-27-10-13/h2-3,5,13-14,16H,4,6-11H2,1H3,(H,21,24)/t13?,14?,16-/m0/s1. The number of halogens is 1. The Morgan fingerprint density at radius 2 is 2.04 bits per heavy atom. The zero-order chi connectivity index (χ0) is 19.0. The van der Waals surface area contributed by atoms with E-state index < -0.39 is 12.2 Å². The lowest BCUT2D eigenvalue weighted by atomic mass is 9.90. The Morgan fingerprint density at radius 1 is 1.30 bits per heavy atom. The lowest BCUT2D eigenvalue weighted by Crippen LogP contribution is -2.45. The van der Waals surface area contributed by atoms with Gasteiger partial charge in [0.1, 0.15) is 11.9 Å². The molecule has 27 heavy (non-hydrogen) atoms. The Bertz CT molecular complexity index is 735. The van der Waals surface area contributed by atoms with Crippen LogP contribution in [-0.4, -0.2) is 55.8 Å². The molecule has 1 aromatic rings. The van der Waals surface area contributed by atoms with Gasteiger partial charge in [-0.15, -0.1) is 0 Å². The minimum Gasteiger partial charge on any atom is -0.442 e. The summed E-state index contributed by atoms with van der Waals surface area (Å²) in [6.07, 6.45) is 0.309. The number of amides is 2. The van der Waals surface area contributed by atoms with Crippen molar-refractivity contribution in [1.82, 2.24) is 5.32 Å². The third-order valence-electron chi connectivity index (χ3n) is 5.37. The van der Waals surface area contributed by atoms with E-state index in [1.54, 1.807) is 12.1 Å². The van der Waals surface area contributed by atoms with E-state index in [2.05, 4.69) is 10.2 Å². The van der Waals surface area contributed by atoms with E-state index in [0.29, 0.717) is 29.8 Å². The molecule has 0 spiro atoms. The number of carbonyl (C=O) groups is 2. The van der Waals surface area contributed by atoms with Gasteiger partial charge in [0.25, 0.3) is 0 Å². The fourth-order valence-corrected chi connectivity index (χ4v) is 5.46. The highest BCUT2D eigenvalue weighted by molar-refractivity contribution is 7.99. The van der Waals surface area contributed by atoms with Gasteiger partial charge >= 0.3 is 6.09 Å². The van der Waals surface area contributed by atoms with Crippen LogP contribution in [0.3, 0.4) is 0 Å². The minimum atomic E-state index is -0.512. The number of cyclic esters (lactones) is 1. The summed E-state index contributed by atoms with van der Waals surface area (Å²) >= 11 is 2.01. The monoisotopic (exact) mass is 393 g/mol. The summed E-state index contributed by atoms with van der Waals surface area (Å²) in [6.45, 7) is 3.75. The maximum Gasteiger partial charge on any atom is 0.414 e. The number of rotatable bonds is 4. The molecule has 3 fully saturated rings. The van der Waals surface area contributed by atoms with Gasteiger partial charge in [-0.1, -0.05) is 0 Å². The van der Waals surface area contributed by atoms with Crippen molar-refractivity contribution in [2.75, 3.05) is 47.5 Å². The SMILES string of the molecule is CC(=O)NC[C@H]1CN(c2ccc(N3CC4CSCC(C4)C3)c(F)c2)C(=O)O1. The second-order valence-electron chi connectivity index (χ2n) is 7.60. The van der Waals surface area contributed by atoms with E-state index in [0.717, 1.165) is 24.6 Å². The second-order valence-corrected chi connectivity index (χ2v) is 8.67. The van der Waals surface area contributed by atoms with Gasteiger partial charge in [0.2, 0.25) is 5.91 Å². The molecule has 146 valence electrons. The van der Waals surface area contributed by atoms with Gasteiger partial charge in [-0.3, -0.25) is 9.69 Å². The Kier molecular flexibility index (Phi) is 5.16. The van der Waals surface area contributed by atoms with E-state index in [1.807, 2.05) is 11.8 Å². The maximum absolute atomic E-state index is 14.9. The fraction of sp³-hybridized carbons (Fsp3) is 0.579. The van der Waals surface area contributed by atoms with Gasteiger partial charge in [-0.05, 0) is 48.0 Å². The second kappa shape index (κ2) is 7.58. The Balaban J connectivity index is 1.45. The summed E-state index contributed by atoms with van der Waals surface area (Å²) in [4.78, 5) is 26.7. The fourth-order valence-electron chi connectivity index (χ4n) is 4.17. The highest BCUT2D eigenvalue weighted by Gasteiger charge is 2.34. The van der Waals surface area contributed by atoms with E-state index in [9.17, 15) is 14.0 Å². The molecule has 0 aliphatic carbocycles. The minimum absolute atomic E-state index is 0.176. The van der Waals surface area contributed by atoms with Crippen LogP contribution in [0, 0.1) is 17.7 Å². The van der Waals surface area contributed by atoms with Crippen LogP contribution in [-0.2, 0) is 9.53 Å². The van der Waals surface area contributed by atoms with Crippen molar-refractivity contribution in [3.63, 3.8) is 0 Å². The van der Waals surface area contributed by atoms with Crippen molar-refractivity contribution in [3.8, 4) is 0 Å². The van der Waals surface area contributed by atoms with E-state index in [4.69, 9.17) is 4.74 Å². The first-order chi connectivity index (χ1) is 13.0. The molecule has 0 radical (unpaired) electrons. The summed E-state index contributed by atoms with van der Waals surface area (Å²) in [5, 5.41) is 2.64.